The first-order valence-electron chi connectivity index (χ1n) is 9.30. The van der Waals surface area contributed by atoms with E-state index >= 15 is 0 Å². The quantitative estimate of drug-likeness (QED) is 0.659. The van der Waals surface area contributed by atoms with Crippen LogP contribution < -0.4 is 10.7 Å². The molecule has 1 aliphatic rings. The van der Waals surface area contributed by atoms with Crippen LogP contribution >= 0.6 is 0 Å². The molecule has 0 radical (unpaired) electrons. The SMILES string of the molecule is Cc1ccnc(NC(=O)c2oc3c(c2C)/C(=N/NC(=O)c2ccco2)CCC3)c1. The van der Waals surface area contributed by atoms with Gasteiger partial charge in [-0.05, 0) is 56.5 Å². The first-order chi connectivity index (χ1) is 14.0. The molecule has 29 heavy (non-hydrogen) atoms. The van der Waals surface area contributed by atoms with Crippen LogP contribution in [0, 0.1) is 13.8 Å². The highest BCUT2D eigenvalue weighted by molar-refractivity contribution is 6.09. The molecule has 0 aliphatic heterocycles. The number of hydrazone groups is 1. The van der Waals surface area contributed by atoms with Gasteiger partial charge in [0.1, 0.15) is 11.6 Å². The lowest BCUT2D eigenvalue weighted by Crippen LogP contribution is -2.21. The van der Waals surface area contributed by atoms with Crippen molar-refractivity contribution in [3.05, 3.63) is 70.7 Å². The van der Waals surface area contributed by atoms with Crippen LogP contribution in [0.15, 0.2) is 50.7 Å². The topological polar surface area (TPSA) is 110 Å². The normalized spacial score (nSPS) is 14.5. The lowest BCUT2D eigenvalue weighted by Gasteiger charge is -2.13. The molecule has 3 heterocycles. The number of fused-ring (bicyclic) bond motifs is 1. The molecule has 0 unspecified atom stereocenters. The van der Waals surface area contributed by atoms with E-state index in [0.29, 0.717) is 35.7 Å². The van der Waals surface area contributed by atoms with E-state index in [0.717, 1.165) is 17.5 Å². The maximum atomic E-state index is 12.7. The van der Waals surface area contributed by atoms with E-state index in [-0.39, 0.29) is 17.4 Å². The Labute approximate surface area is 167 Å². The fourth-order valence-electron chi connectivity index (χ4n) is 3.36. The summed E-state index contributed by atoms with van der Waals surface area (Å²) in [6.07, 6.45) is 5.26. The fraction of sp³-hybridized carbons (Fsp3) is 0.238. The second-order valence-electron chi connectivity index (χ2n) is 6.86. The van der Waals surface area contributed by atoms with Gasteiger partial charge in [0.2, 0.25) is 0 Å². The van der Waals surface area contributed by atoms with Crippen molar-refractivity contribution >= 4 is 23.3 Å². The van der Waals surface area contributed by atoms with Gasteiger partial charge in [-0.2, -0.15) is 5.10 Å². The number of carbonyl (C=O) groups is 2. The third-order valence-electron chi connectivity index (χ3n) is 4.73. The zero-order chi connectivity index (χ0) is 20.4. The Hall–Kier alpha value is -3.68. The Balaban J connectivity index is 1.58. The molecule has 2 amide bonds. The van der Waals surface area contributed by atoms with Gasteiger partial charge < -0.3 is 14.2 Å². The summed E-state index contributed by atoms with van der Waals surface area (Å²) < 4.78 is 10.9. The number of hydrogen-bond donors (Lipinski definition) is 2. The molecule has 0 aromatic carbocycles. The number of aryl methyl sites for hydroxylation is 2. The van der Waals surface area contributed by atoms with Crippen LogP contribution in [0.4, 0.5) is 5.82 Å². The first-order valence-corrected chi connectivity index (χ1v) is 9.30. The molecule has 148 valence electrons. The van der Waals surface area contributed by atoms with Gasteiger partial charge in [0, 0.05) is 23.7 Å². The van der Waals surface area contributed by atoms with Crippen LogP contribution in [0.3, 0.4) is 0 Å². The van der Waals surface area contributed by atoms with Gasteiger partial charge in [-0.3, -0.25) is 9.59 Å². The Bertz CT molecular complexity index is 1100. The molecule has 0 fully saturated rings. The average molecular weight is 392 g/mol. The van der Waals surface area contributed by atoms with E-state index < -0.39 is 5.91 Å². The summed E-state index contributed by atoms with van der Waals surface area (Å²) in [6.45, 7) is 3.74. The summed E-state index contributed by atoms with van der Waals surface area (Å²) in [5.74, 6) is 0.768. The number of anilines is 1. The third kappa shape index (κ3) is 3.82. The van der Waals surface area contributed by atoms with Gasteiger partial charge in [0.15, 0.2) is 11.5 Å². The number of hydrogen-bond acceptors (Lipinski definition) is 6. The molecule has 0 bridgehead atoms. The monoisotopic (exact) mass is 392 g/mol. The van der Waals surface area contributed by atoms with E-state index in [1.807, 2.05) is 19.9 Å². The summed E-state index contributed by atoms with van der Waals surface area (Å²) in [6, 6.07) is 6.83. The predicted molar refractivity (Wildman–Crippen MR) is 106 cm³/mol. The Morgan fingerprint density at radius 2 is 2.03 bits per heavy atom. The van der Waals surface area contributed by atoms with E-state index in [9.17, 15) is 9.59 Å². The summed E-state index contributed by atoms with van der Waals surface area (Å²) in [7, 11) is 0. The lowest BCUT2D eigenvalue weighted by atomic mass is 9.93. The van der Waals surface area contributed by atoms with Crippen LogP contribution in [0.1, 0.15) is 56.4 Å². The molecule has 4 rings (SSSR count). The smallest absolute Gasteiger partial charge is 0.307 e. The van der Waals surface area contributed by atoms with Crippen molar-refractivity contribution in [3.8, 4) is 0 Å². The zero-order valence-electron chi connectivity index (χ0n) is 16.1. The summed E-state index contributed by atoms with van der Waals surface area (Å²) >= 11 is 0. The van der Waals surface area contributed by atoms with Crippen molar-refractivity contribution in [3.63, 3.8) is 0 Å². The minimum atomic E-state index is -0.431. The Morgan fingerprint density at radius 1 is 1.17 bits per heavy atom. The van der Waals surface area contributed by atoms with Gasteiger partial charge in [-0.25, -0.2) is 10.4 Å². The van der Waals surface area contributed by atoms with E-state index in [4.69, 9.17) is 8.83 Å². The predicted octanol–water partition coefficient (Wildman–Crippen LogP) is 3.61. The molecule has 1 aliphatic carbocycles. The number of pyridine rings is 1. The molecule has 8 nitrogen and oxygen atoms in total. The van der Waals surface area contributed by atoms with E-state index in [2.05, 4.69) is 20.8 Å². The highest BCUT2D eigenvalue weighted by atomic mass is 16.4. The van der Waals surface area contributed by atoms with Crippen molar-refractivity contribution in [2.45, 2.75) is 33.1 Å². The van der Waals surface area contributed by atoms with E-state index in [1.165, 1.54) is 6.26 Å². The van der Waals surface area contributed by atoms with Crippen molar-refractivity contribution in [2.75, 3.05) is 5.32 Å². The molecular weight excluding hydrogens is 372 g/mol. The van der Waals surface area contributed by atoms with Crippen LogP contribution in [0.5, 0.6) is 0 Å². The van der Waals surface area contributed by atoms with Gasteiger partial charge >= 0.3 is 5.91 Å². The second-order valence-corrected chi connectivity index (χ2v) is 6.86. The highest BCUT2D eigenvalue weighted by Crippen LogP contribution is 2.30. The maximum Gasteiger partial charge on any atom is 0.307 e. The molecule has 3 aromatic rings. The van der Waals surface area contributed by atoms with Crippen LogP contribution in [0.2, 0.25) is 0 Å². The highest BCUT2D eigenvalue weighted by Gasteiger charge is 2.28. The fourth-order valence-corrected chi connectivity index (χ4v) is 3.36. The summed E-state index contributed by atoms with van der Waals surface area (Å²) in [4.78, 5) is 29.0. The number of rotatable bonds is 4. The standard InChI is InChI=1S/C21H20N4O4/c1-12-8-9-22-17(11-12)23-21(27)19-13(2)18-14(5-3-6-15(18)29-19)24-25-20(26)16-7-4-10-28-16/h4,7-11H,3,5-6H2,1-2H3,(H,25,26)(H,22,23,27)/b24-14+. The third-order valence-corrected chi connectivity index (χ3v) is 4.73. The van der Waals surface area contributed by atoms with Crippen LogP contribution in [0.25, 0.3) is 0 Å². The molecule has 0 saturated carbocycles. The van der Waals surface area contributed by atoms with E-state index in [1.54, 1.807) is 24.4 Å². The van der Waals surface area contributed by atoms with Gasteiger partial charge in [0.25, 0.3) is 5.91 Å². The Morgan fingerprint density at radius 3 is 2.79 bits per heavy atom. The molecule has 0 saturated heterocycles. The number of aromatic nitrogens is 1. The van der Waals surface area contributed by atoms with Crippen LogP contribution in [-0.4, -0.2) is 22.5 Å². The molecule has 0 spiro atoms. The van der Waals surface area contributed by atoms with Crippen molar-refractivity contribution in [2.24, 2.45) is 5.10 Å². The number of nitrogens with zero attached hydrogens (tertiary/aromatic N) is 2. The van der Waals surface area contributed by atoms with Crippen molar-refractivity contribution in [1.29, 1.82) is 0 Å². The van der Waals surface area contributed by atoms with Crippen LogP contribution in [-0.2, 0) is 6.42 Å². The average Bonchev–Trinajstić information content (AvgIpc) is 3.35. The number of nitrogens with one attached hydrogen (secondary N) is 2. The summed E-state index contributed by atoms with van der Waals surface area (Å²) in [5.41, 5.74) is 5.65. The van der Waals surface area contributed by atoms with Crippen molar-refractivity contribution in [1.82, 2.24) is 10.4 Å². The number of furan rings is 2. The molecule has 3 aromatic heterocycles. The maximum absolute atomic E-state index is 12.7. The molecular formula is C21H20N4O4. The second kappa shape index (κ2) is 7.75. The number of amides is 2. The van der Waals surface area contributed by atoms with Gasteiger partial charge in [-0.1, -0.05) is 0 Å². The Kier molecular flexibility index (Phi) is 4.99. The van der Waals surface area contributed by atoms with Gasteiger partial charge in [-0.15, -0.1) is 0 Å². The molecule has 0 atom stereocenters. The summed E-state index contributed by atoms with van der Waals surface area (Å²) in [5, 5.41) is 7.03. The molecule has 2 N–H and O–H groups in total. The van der Waals surface area contributed by atoms with Crippen molar-refractivity contribution < 1.29 is 18.4 Å². The number of carbonyl (C=O) groups excluding carboxylic acids is 2. The lowest BCUT2D eigenvalue weighted by molar-refractivity contribution is 0.0926. The molecule has 8 heteroatoms. The van der Waals surface area contributed by atoms with Gasteiger partial charge in [0.05, 0.1) is 12.0 Å². The largest absolute Gasteiger partial charge is 0.459 e. The first kappa shape index (κ1) is 18.7. The minimum absolute atomic E-state index is 0.181. The zero-order valence-corrected chi connectivity index (χ0v) is 16.1. The minimum Gasteiger partial charge on any atom is -0.459 e.